The minimum atomic E-state index is -0.220. The topological polar surface area (TPSA) is 98.6 Å². The summed E-state index contributed by atoms with van der Waals surface area (Å²) in [5.74, 6) is 0.467. The monoisotopic (exact) mass is 506 g/mol. The van der Waals surface area contributed by atoms with Crippen molar-refractivity contribution in [2.75, 3.05) is 11.1 Å². The fourth-order valence-corrected chi connectivity index (χ4v) is 7.24. The second kappa shape index (κ2) is 9.37. The summed E-state index contributed by atoms with van der Waals surface area (Å²) in [5.41, 5.74) is 4.48. The number of nitriles is 1. The van der Waals surface area contributed by atoms with E-state index in [1.165, 1.54) is 39.3 Å². The Balaban J connectivity index is 1.31. The molecule has 4 aromatic rings. The number of aromatic nitrogens is 2. The summed E-state index contributed by atoms with van der Waals surface area (Å²) in [4.78, 5) is 34.7. The maximum absolute atomic E-state index is 12.8. The van der Waals surface area contributed by atoms with Crippen molar-refractivity contribution in [1.82, 2.24) is 9.97 Å². The highest BCUT2D eigenvalue weighted by Crippen LogP contribution is 2.39. The largest absolute Gasteiger partial charge is 0.316 e. The van der Waals surface area contributed by atoms with Crippen LogP contribution in [0.2, 0.25) is 0 Å². The van der Waals surface area contributed by atoms with E-state index >= 15 is 0 Å². The molecule has 0 fully saturated rings. The van der Waals surface area contributed by atoms with E-state index in [4.69, 9.17) is 0 Å². The number of nitrogens with one attached hydrogen (secondary N) is 2. The van der Waals surface area contributed by atoms with Crippen LogP contribution in [0.15, 0.2) is 39.6 Å². The molecule has 0 bridgehead atoms. The van der Waals surface area contributed by atoms with E-state index in [-0.39, 0.29) is 17.2 Å². The molecular formula is C25H22N4O2S3. The van der Waals surface area contributed by atoms with Crippen molar-refractivity contribution in [2.24, 2.45) is 5.92 Å². The Morgan fingerprint density at radius 1 is 1.35 bits per heavy atom. The van der Waals surface area contributed by atoms with Gasteiger partial charge in [0.15, 0.2) is 5.16 Å². The fraction of sp³-hybridized carbons (Fsp3) is 0.280. The van der Waals surface area contributed by atoms with Crippen molar-refractivity contribution in [3.63, 3.8) is 0 Å². The number of benzene rings is 1. The van der Waals surface area contributed by atoms with Gasteiger partial charge in [0, 0.05) is 15.8 Å². The molecule has 172 valence electrons. The van der Waals surface area contributed by atoms with Crippen molar-refractivity contribution >= 4 is 55.6 Å². The Hall–Kier alpha value is -2.93. The van der Waals surface area contributed by atoms with Crippen LogP contribution in [0.25, 0.3) is 21.3 Å². The normalized spacial score (nSPS) is 15.1. The van der Waals surface area contributed by atoms with Crippen LogP contribution in [0.3, 0.4) is 0 Å². The molecule has 3 aromatic heterocycles. The zero-order valence-corrected chi connectivity index (χ0v) is 21.2. The number of H-pyrrole nitrogens is 1. The Kier molecular flexibility index (Phi) is 6.30. The van der Waals surface area contributed by atoms with Gasteiger partial charge < -0.3 is 10.3 Å². The lowest BCUT2D eigenvalue weighted by Crippen LogP contribution is -2.15. The molecule has 1 amide bonds. The van der Waals surface area contributed by atoms with E-state index in [1.807, 2.05) is 36.6 Å². The van der Waals surface area contributed by atoms with E-state index in [9.17, 15) is 14.9 Å². The quantitative estimate of drug-likeness (QED) is 0.265. The van der Waals surface area contributed by atoms with Gasteiger partial charge in [0.1, 0.15) is 15.9 Å². The van der Waals surface area contributed by atoms with Gasteiger partial charge in [-0.25, -0.2) is 4.98 Å². The van der Waals surface area contributed by atoms with Crippen LogP contribution >= 0.6 is 34.4 Å². The van der Waals surface area contributed by atoms with Crippen LogP contribution in [0.5, 0.6) is 0 Å². The summed E-state index contributed by atoms with van der Waals surface area (Å²) in [6.07, 6.45) is 2.91. The maximum Gasteiger partial charge on any atom is 0.260 e. The van der Waals surface area contributed by atoms with E-state index in [0.29, 0.717) is 31.9 Å². The average molecular weight is 507 g/mol. The Labute approximate surface area is 209 Å². The standard InChI is InChI=1S/C25H22N4O2S3/c1-13-3-6-15(7-4-13)18-11-32-24-21(18)22(31)28-25(29-24)33-12-20(30)27-23-17(10-26)16-8-5-14(2)9-19(16)34-23/h3-4,6-7,11,14H,5,8-9,12H2,1-2H3,(H,27,30)(H,28,29,31). The minimum Gasteiger partial charge on any atom is -0.316 e. The first-order valence-electron chi connectivity index (χ1n) is 11.0. The van der Waals surface area contributed by atoms with E-state index in [2.05, 4.69) is 28.3 Å². The van der Waals surface area contributed by atoms with Crippen molar-refractivity contribution < 1.29 is 4.79 Å². The molecule has 0 radical (unpaired) electrons. The van der Waals surface area contributed by atoms with Gasteiger partial charge in [0.25, 0.3) is 5.56 Å². The van der Waals surface area contributed by atoms with Gasteiger partial charge >= 0.3 is 0 Å². The number of aromatic amines is 1. The molecule has 1 aliphatic carbocycles. The number of rotatable bonds is 5. The fourth-order valence-electron chi connectivity index (χ4n) is 4.20. The number of fused-ring (bicyclic) bond motifs is 2. The van der Waals surface area contributed by atoms with Gasteiger partial charge in [-0.2, -0.15) is 5.26 Å². The van der Waals surface area contributed by atoms with Gasteiger partial charge in [0.05, 0.1) is 16.7 Å². The van der Waals surface area contributed by atoms with Crippen LogP contribution in [-0.4, -0.2) is 21.6 Å². The number of carbonyl (C=O) groups is 1. The lowest BCUT2D eigenvalue weighted by atomic mass is 9.89. The average Bonchev–Trinajstić information content (AvgIpc) is 3.39. The maximum atomic E-state index is 12.8. The molecule has 1 unspecified atom stereocenters. The molecule has 1 atom stereocenters. The van der Waals surface area contributed by atoms with Gasteiger partial charge in [-0.15, -0.1) is 22.7 Å². The smallest absolute Gasteiger partial charge is 0.260 e. The third-order valence-corrected chi connectivity index (χ3v) is 8.92. The van der Waals surface area contributed by atoms with E-state index in [1.54, 1.807) is 0 Å². The molecule has 34 heavy (non-hydrogen) atoms. The molecule has 3 heterocycles. The first-order chi connectivity index (χ1) is 16.4. The number of aryl methyl sites for hydroxylation is 1. The highest BCUT2D eigenvalue weighted by molar-refractivity contribution is 7.99. The Bertz CT molecular complexity index is 1490. The second-order valence-corrected chi connectivity index (χ2v) is 11.5. The molecule has 1 aliphatic rings. The number of hydrogen-bond donors (Lipinski definition) is 2. The highest BCUT2D eigenvalue weighted by atomic mass is 32.2. The van der Waals surface area contributed by atoms with Gasteiger partial charge in [-0.3, -0.25) is 9.59 Å². The Morgan fingerprint density at radius 3 is 2.91 bits per heavy atom. The summed E-state index contributed by atoms with van der Waals surface area (Å²) < 4.78 is 0. The third-order valence-electron chi connectivity index (χ3n) is 6.00. The SMILES string of the molecule is Cc1ccc(-c2csc3nc(SCC(=O)Nc4sc5c(c4C#N)CCC(C)C5)[nH]c(=O)c23)cc1. The second-order valence-electron chi connectivity index (χ2n) is 8.57. The molecule has 0 saturated heterocycles. The molecule has 2 N–H and O–H groups in total. The zero-order chi connectivity index (χ0) is 23.8. The molecule has 0 saturated carbocycles. The summed E-state index contributed by atoms with van der Waals surface area (Å²) >= 11 is 4.11. The third kappa shape index (κ3) is 4.41. The van der Waals surface area contributed by atoms with Crippen molar-refractivity contribution in [2.45, 2.75) is 38.3 Å². The van der Waals surface area contributed by atoms with Crippen LogP contribution < -0.4 is 10.9 Å². The van der Waals surface area contributed by atoms with Crippen molar-refractivity contribution in [3.05, 3.63) is 61.6 Å². The van der Waals surface area contributed by atoms with E-state index < -0.39 is 0 Å². The van der Waals surface area contributed by atoms with Crippen LogP contribution in [0, 0.1) is 24.2 Å². The summed E-state index contributed by atoms with van der Waals surface area (Å²) in [6, 6.07) is 10.3. The number of hydrogen-bond acceptors (Lipinski definition) is 7. The lowest BCUT2D eigenvalue weighted by Gasteiger charge is -2.17. The van der Waals surface area contributed by atoms with Gasteiger partial charge in [-0.05, 0) is 43.2 Å². The van der Waals surface area contributed by atoms with Crippen molar-refractivity contribution in [3.8, 4) is 17.2 Å². The molecule has 5 rings (SSSR count). The molecule has 9 heteroatoms. The summed E-state index contributed by atoms with van der Waals surface area (Å²) in [5, 5.41) is 16.1. The van der Waals surface area contributed by atoms with Crippen LogP contribution in [-0.2, 0) is 17.6 Å². The molecule has 6 nitrogen and oxygen atoms in total. The number of thioether (sulfide) groups is 1. The van der Waals surface area contributed by atoms with Gasteiger partial charge in [0.2, 0.25) is 5.91 Å². The number of thiophene rings is 2. The predicted molar refractivity (Wildman–Crippen MR) is 140 cm³/mol. The Morgan fingerprint density at radius 2 is 2.15 bits per heavy atom. The van der Waals surface area contributed by atoms with Crippen molar-refractivity contribution in [1.29, 1.82) is 5.26 Å². The molecule has 1 aromatic carbocycles. The number of carbonyl (C=O) groups excluding carboxylic acids is 1. The zero-order valence-electron chi connectivity index (χ0n) is 18.7. The van der Waals surface area contributed by atoms with Crippen LogP contribution in [0.4, 0.5) is 5.00 Å². The molecular weight excluding hydrogens is 485 g/mol. The number of amides is 1. The number of anilines is 1. The van der Waals surface area contributed by atoms with Gasteiger partial charge in [-0.1, -0.05) is 48.5 Å². The first kappa shape index (κ1) is 22.8. The first-order valence-corrected chi connectivity index (χ1v) is 13.7. The molecule has 0 spiro atoms. The lowest BCUT2D eigenvalue weighted by molar-refractivity contribution is -0.113. The number of nitrogens with zero attached hydrogens (tertiary/aromatic N) is 2. The van der Waals surface area contributed by atoms with E-state index in [0.717, 1.165) is 41.5 Å². The predicted octanol–water partition coefficient (Wildman–Crippen LogP) is 5.75. The van der Waals surface area contributed by atoms with Crippen LogP contribution in [0.1, 0.15) is 34.9 Å². The summed E-state index contributed by atoms with van der Waals surface area (Å²) in [6.45, 7) is 4.24. The highest BCUT2D eigenvalue weighted by Gasteiger charge is 2.24. The molecule has 0 aliphatic heterocycles. The minimum absolute atomic E-state index is 0.0917. The summed E-state index contributed by atoms with van der Waals surface area (Å²) in [7, 11) is 0.